The van der Waals surface area contributed by atoms with Gasteiger partial charge in [0.2, 0.25) is 5.91 Å². The maximum absolute atomic E-state index is 11.7. The third-order valence-electron chi connectivity index (χ3n) is 2.59. The SMILES string of the molecule is CC(C)N1Cc2ncccc2CC1=O. The van der Waals surface area contributed by atoms with E-state index >= 15 is 0 Å². The number of aromatic nitrogens is 1. The molecular formula is C11H14N2O. The van der Waals surface area contributed by atoms with Crippen molar-refractivity contribution in [2.24, 2.45) is 0 Å². The number of rotatable bonds is 1. The van der Waals surface area contributed by atoms with Gasteiger partial charge in [0, 0.05) is 12.2 Å². The second kappa shape index (κ2) is 3.40. The number of carbonyl (C=O) groups excluding carboxylic acids is 1. The molecular weight excluding hydrogens is 176 g/mol. The van der Waals surface area contributed by atoms with Gasteiger partial charge in [-0.3, -0.25) is 9.78 Å². The van der Waals surface area contributed by atoms with Gasteiger partial charge in [-0.1, -0.05) is 6.07 Å². The van der Waals surface area contributed by atoms with E-state index in [9.17, 15) is 4.79 Å². The third kappa shape index (κ3) is 1.50. The summed E-state index contributed by atoms with van der Waals surface area (Å²) in [6.45, 7) is 4.73. The molecule has 1 aromatic rings. The number of carbonyl (C=O) groups is 1. The molecule has 1 amide bonds. The molecule has 1 aromatic heterocycles. The van der Waals surface area contributed by atoms with Crippen LogP contribution >= 0.6 is 0 Å². The fourth-order valence-corrected chi connectivity index (χ4v) is 1.76. The summed E-state index contributed by atoms with van der Waals surface area (Å²) in [5.41, 5.74) is 2.12. The minimum atomic E-state index is 0.209. The van der Waals surface area contributed by atoms with Crippen molar-refractivity contribution in [1.82, 2.24) is 9.88 Å². The summed E-state index contributed by atoms with van der Waals surface area (Å²) in [4.78, 5) is 17.9. The highest BCUT2D eigenvalue weighted by molar-refractivity contribution is 5.80. The third-order valence-corrected chi connectivity index (χ3v) is 2.59. The molecule has 0 fully saturated rings. The first-order chi connectivity index (χ1) is 6.68. The van der Waals surface area contributed by atoms with Crippen LogP contribution in [0.2, 0.25) is 0 Å². The number of pyridine rings is 1. The molecule has 0 unspecified atom stereocenters. The Hall–Kier alpha value is -1.38. The summed E-state index contributed by atoms with van der Waals surface area (Å²) in [6.07, 6.45) is 2.29. The Morgan fingerprint density at radius 3 is 3.00 bits per heavy atom. The normalized spacial score (nSPS) is 15.9. The van der Waals surface area contributed by atoms with Crippen LogP contribution in [0.4, 0.5) is 0 Å². The lowest BCUT2D eigenvalue weighted by Gasteiger charge is -2.31. The van der Waals surface area contributed by atoms with Gasteiger partial charge in [-0.15, -0.1) is 0 Å². The molecule has 0 aromatic carbocycles. The number of hydrogen-bond donors (Lipinski definition) is 0. The van der Waals surface area contributed by atoms with Crippen molar-refractivity contribution in [3.8, 4) is 0 Å². The Bertz CT molecular complexity index is 360. The molecule has 3 nitrogen and oxygen atoms in total. The molecule has 0 bridgehead atoms. The predicted molar refractivity (Wildman–Crippen MR) is 53.6 cm³/mol. The van der Waals surface area contributed by atoms with Crippen LogP contribution in [-0.4, -0.2) is 21.8 Å². The molecule has 0 N–H and O–H groups in total. The molecule has 0 radical (unpaired) electrons. The van der Waals surface area contributed by atoms with Crippen molar-refractivity contribution in [2.75, 3.05) is 0 Å². The zero-order chi connectivity index (χ0) is 10.1. The van der Waals surface area contributed by atoms with Gasteiger partial charge in [-0.05, 0) is 25.5 Å². The van der Waals surface area contributed by atoms with Crippen LogP contribution in [0.5, 0.6) is 0 Å². The van der Waals surface area contributed by atoms with Crippen molar-refractivity contribution >= 4 is 5.91 Å². The molecule has 1 aliphatic heterocycles. The Balaban J connectivity index is 2.31. The van der Waals surface area contributed by atoms with E-state index in [-0.39, 0.29) is 11.9 Å². The summed E-state index contributed by atoms with van der Waals surface area (Å²) in [5.74, 6) is 0.209. The maximum Gasteiger partial charge on any atom is 0.227 e. The van der Waals surface area contributed by atoms with Gasteiger partial charge in [-0.25, -0.2) is 0 Å². The fourth-order valence-electron chi connectivity index (χ4n) is 1.76. The highest BCUT2D eigenvalue weighted by Gasteiger charge is 2.24. The number of fused-ring (bicyclic) bond motifs is 1. The molecule has 2 rings (SSSR count). The molecule has 0 saturated heterocycles. The van der Waals surface area contributed by atoms with Crippen molar-refractivity contribution in [3.63, 3.8) is 0 Å². The van der Waals surface area contributed by atoms with Crippen LogP contribution in [0.25, 0.3) is 0 Å². The van der Waals surface area contributed by atoms with E-state index in [2.05, 4.69) is 4.98 Å². The topological polar surface area (TPSA) is 33.2 Å². The number of amides is 1. The van der Waals surface area contributed by atoms with E-state index in [0.29, 0.717) is 13.0 Å². The minimum absolute atomic E-state index is 0.209. The average molecular weight is 190 g/mol. The molecule has 0 atom stereocenters. The van der Waals surface area contributed by atoms with Crippen LogP contribution in [0.3, 0.4) is 0 Å². The molecule has 1 aliphatic rings. The smallest absolute Gasteiger partial charge is 0.227 e. The zero-order valence-electron chi connectivity index (χ0n) is 8.53. The van der Waals surface area contributed by atoms with E-state index in [1.54, 1.807) is 6.20 Å². The Labute approximate surface area is 83.8 Å². The highest BCUT2D eigenvalue weighted by Crippen LogP contribution is 2.18. The summed E-state index contributed by atoms with van der Waals surface area (Å²) in [7, 11) is 0. The summed E-state index contributed by atoms with van der Waals surface area (Å²) >= 11 is 0. The van der Waals surface area contributed by atoms with E-state index in [0.717, 1.165) is 11.3 Å². The van der Waals surface area contributed by atoms with Gasteiger partial charge in [0.05, 0.1) is 18.7 Å². The largest absolute Gasteiger partial charge is 0.334 e. The average Bonchev–Trinajstić information content (AvgIpc) is 2.16. The lowest BCUT2D eigenvalue weighted by molar-refractivity contribution is -0.133. The minimum Gasteiger partial charge on any atom is -0.334 e. The van der Waals surface area contributed by atoms with Gasteiger partial charge in [-0.2, -0.15) is 0 Å². The number of nitrogens with zero attached hydrogens (tertiary/aromatic N) is 2. The first kappa shape index (κ1) is 9.19. The Morgan fingerprint density at radius 1 is 1.50 bits per heavy atom. The molecule has 74 valence electrons. The van der Waals surface area contributed by atoms with E-state index in [4.69, 9.17) is 0 Å². The first-order valence-corrected chi connectivity index (χ1v) is 4.90. The highest BCUT2D eigenvalue weighted by atomic mass is 16.2. The second-order valence-electron chi connectivity index (χ2n) is 3.90. The standard InChI is InChI=1S/C11H14N2O/c1-8(2)13-7-10-9(6-11(13)14)4-3-5-12-10/h3-5,8H,6-7H2,1-2H3. The van der Waals surface area contributed by atoms with Crippen LogP contribution in [0, 0.1) is 0 Å². The predicted octanol–water partition coefficient (Wildman–Crippen LogP) is 1.37. The van der Waals surface area contributed by atoms with Gasteiger partial charge in [0.1, 0.15) is 0 Å². The quantitative estimate of drug-likeness (QED) is 0.670. The second-order valence-corrected chi connectivity index (χ2v) is 3.90. The molecule has 3 heteroatoms. The van der Waals surface area contributed by atoms with E-state index in [1.807, 2.05) is 30.9 Å². The van der Waals surface area contributed by atoms with Gasteiger partial charge >= 0.3 is 0 Å². The molecule has 0 saturated carbocycles. The maximum atomic E-state index is 11.7. The lowest BCUT2D eigenvalue weighted by atomic mass is 10.0. The lowest BCUT2D eigenvalue weighted by Crippen LogP contribution is -2.41. The van der Waals surface area contributed by atoms with E-state index in [1.165, 1.54) is 0 Å². The van der Waals surface area contributed by atoms with Crippen LogP contribution in [-0.2, 0) is 17.8 Å². The molecule has 0 spiro atoms. The summed E-state index contributed by atoms with van der Waals surface area (Å²) in [6, 6.07) is 4.13. The van der Waals surface area contributed by atoms with Crippen LogP contribution in [0.1, 0.15) is 25.1 Å². The first-order valence-electron chi connectivity index (χ1n) is 4.90. The molecule has 0 aliphatic carbocycles. The van der Waals surface area contributed by atoms with Gasteiger partial charge < -0.3 is 4.90 Å². The molecule has 2 heterocycles. The van der Waals surface area contributed by atoms with Gasteiger partial charge in [0.25, 0.3) is 0 Å². The Kier molecular flexibility index (Phi) is 2.23. The fraction of sp³-hybridized carbons (Fsp3) is 0.455. The van der Waals surface area contributed by atoms with Crippen LogP contribution in [0.15, 0.2) is 18.3 Å². The van der Waals surface area contributed by atoms with Crippen molar-refractivity contribution in [2.45, 2.75) is 32.9 Å². The Morgan fingerprint density at radius 2 is 2.29 bits per heavy atom. The van der Waals surface area contributed by atoms with Gasteiger partial charge in [0.15, 0.2) is 0 Å². The molecule has 14 heavy (non-hydrogen) atoms. The number of hydrogen-bond acceptors (Lipinski definition) is 2. The summed E-state index contributed by atoms with van der Waals surface area (Å²) in [5, 5.41) is 0. The van der Waals surface area contributed by atoms with Crippen molar-refractivity contribution in [1.29, 1.82) is 0 Å². The van der Waals surface area contributed by atoms with Crippen LogP contribution < -0.4 is 0 Å². The van der Waals surface area contributed by atoms with Crippen molar-refractivity contribution < 1.29 is 4.79 Å². The zero-order valence-corrected chi connectivity index (χ0v) is 8.53. The van der Waals surface area contributed by atoms with E-state index < -0.39 is 0 Å². The van der Waals surface area contributed by atoms with Crippen molar-refractivity contribution in [3.05, 3.63) is 29.6 Å². The summed E-state index contributed by atoms with van der Waals surface area (Å²) < 4.78 is 0. The monoisotopic (exact) mass is 190 g/mol.